The maximum Gasteiger partial charge on any atom is 0.118 e. The first kappa shape index (κ1) is 15.3. The zero-order valence-electron chi connectivity index (χ0n) is 13.1. The molecule has 0 spiro atoms. The molecule has 2 rings (SSSR count). The monoisotopic (exact) mass is 276 g/mol. The van der Waals surface area contributed by atoms with E-state index in [0.717, 1.165) is 24.8 Å². The summed E-state index contributed by atoms with van der Waals surface area (Å²) >= 11 is 0. The van der Waals surface area contributed by atoms with Gasteiger partial charge in [0.15, 0.2) is 0 Å². The highest BCUT2D eigenvalue weighted by molar-refractivity contribution is 5.29. The number of likely N-dealkylation sites (tertiary alicyclic amines) is 1. The molecule has 0 radical (unpaired) electrons. The highest BCUT2D eigenvalue weighted by atomic mass is 16.5. The Kier molecular flexibility index (Phi) is 5.86. The van der Waals surface area contributed by atoms with Crippen molar-refractivity contribution in [3.8, 4) is 5.75 Å². The van der Waals surface area contributed by atoms with Crippen molar-refractivity contribution < 1.29 is 4.74 Å². The largest absolute Gasteiger partial charge is 0.497 e. The predicted molar refractivity (Wildman–Crippen MR) is 84.2 cm³/mol. The van der Waals surface area contributed by atoms with E-state index in [4.69, 9.17) is 4.74 Å². The smallest absolute Gasteiger partial charge is 0.118 e. The number of hydrogen-bond donors (Lipinski definition) is 1. The van der Waals surface area contributed by atoms with Gasteiger partial charge in [0.05, 0.1) is 7.11 Å². The third-order valence-electron chi connectivity index (χ3n) is 4.15. The van der Waals surface area contributed by atoms with Gasteiger partial charge in [-0.3, -0.25) is 0 Å². The maximum atomic E-state index is 5.24. The van der Waals surface area contributed by atoms with E-state index in [0.29, 0.717) is 6.04 Å². The lowest BCUT2D eigenvalue weighted by atomic mass is 9.98. The van der Waals surface area contributed by atoms with Gasteiger partial charge in [0.2, 0.25) is 0 Å². The van der Waals surface area contributed by atoms with Gasteiger partial charge in [0, 0.05) is 19.1 Å². The Labute approximate surface area is 123 Å². The SMILES string of the molecule is CCNC(CN1CCCC(C)C1)c1ccc(OC)cc1. The Morgan fingerprint density at radius 1 is 1.35 bits per heavy atom. The van der Waals surface area contributed by atoms with Crippen LogP contribution in [0.3, 0.4) is 0 Å². The van der Waals surface area contributed by atoms with E-state index < -0.39 is 0 Å². The molecule has 1 N–H and O–H groups in total. The number of piperidine rings is 1. The molecule has 1 fully saturated rings. The maximum absolute atomic E-state index is 5.24. The fourth-order valence-corrected chi connectivity index (χ4v) is 3.08. The Morgan fingerprint density at radius 3 is 2.70 bits per heavy atom. The van der Waals surface area contributed by atoms with Crippen LogP contribution in [-0.4, -0.2) is 38.2 Å². The molecule has 1 aliphatic rings. The van der Waals surface area contributed by atoms with Crippen LogP contribution in [-0.2, 0) is 0 Å². The molecule has 1 heterocycles. The summed E-state index contributed by atoms with van der Waals surface area (Å²) in [6.07, 6.45) is 2.72. The summed E-state index contributed by atoms with van der Waals surface area (Å²) in [6.45, 7) is 9.11. The summed E-state index contributed by atoms with van der Waals surface area (Å²) in [5.74, 6) is 1.76. The molecule has 1 aromatic carbocycles. The zero-order valence-corrected chi connectivity index (χ0v) is 13.1. The molecule has 1 saturated heterocycles. The van der Waals surface area contributed by atoms with Gasteiger partial charge in [-0.05, 0) is 49.5 Å². The highest BCUT2D eigenvalue weighted by Gasteiger charge is 2.20. The third kappa shape index (κ3) is 4.22. The van der Waals surface area contributed by atoms with Crippen LogP contribution in [0.15, 0.2) is 24.3 Å². The van der Waals surface area contributed by atoms with E-state index in [2.05, 4.69) is 48.3 Å². The summed E-state index contributed by atoms with van der Waals surface area (Å²) < 4.78 is 5.24. The van der Waals surface area contributed by atoms with Crippen LogP contribution < -0.4 is 10.1 Å². The molecule has 0 bridgehead atoms. The minimum atomic E-state index is 0.413. The van der Waals surface area contributed by atoms with Crippen LogP contribution in [0.25, 0.3) is 0 Å². The van der Waals surface area contributed by atoms with Gasteiger partial charge in [0.1, 0.15) is 5.75 Å². The molecule has 0 saturated carbocycles. The molecule has 0 aliphatic carbocycles. The molecule has 3 nitrogen and oxygen atoms in total. The first-order valence-electron chi connectivity index (χ1n) is 7.82. The third-order valence-corrected chi connectivity index (χ3v) is 4.15. The van der Waals surface area contributed by atoms with Gasteiger partial charge in [-0.15, -0.1) is 0 Å². The van der Waals surface area contributed by atoms with Gasteiger partial charge in [-0.25, -0.2) is 0 Å². The molecular formula is C17H28N2O. The number of nitrogens with one attached hydrogen (secondary N) is 1. The topological polar surface area (TPSA) is 24.5 Å². The molecule has 112 valence electrons. The minimum absolute atomic E-state index is 0.413. The van der Waals surface area contributed by atoms with Crippen LogP contribution in [0.4, 0.5) is 0 Å². The second kappa shape index (κ2) is 7.65. The fourth-order valence-electron chi connectivity index (χ4n) is 3.08. The summed E-state index contributed by atoms with van der Waals surface area (Å²) in [5, 5.41) is 3.62. The first-order chi connectivity index (χ1) is 9.72. The van der Waals surface area contributed by atoms with Gasteiger partial charge in [0.25, 0.3) is 0 Å². The number of rotatable bonds is 6. The van der Waals surface area contributed by atoms with E-state index in [1.165, 1.54) is 31.5 Å². The normalized spacial score (nSPS) is 21.6. The van der Waals surface area contributed by atoms with Crippen LogP contribution in [0.2, 0.25) is 0 Å². The average molecular weight is 276 g/mol. The molecule has 2 unspecified atom stereocenters. The highest BCUT2D eigenvalue weighted by Crippen LogP contribution is 2.22. The van der Waals surface area contributed by atoms with Crippen LogP contribution in [0.1, 0.15) is 38.3 Å². The van der Waals surface area contributed by atoms with E-state index in [9.17, 15) is 0 Å². The van der Waals surface area contributed by atoms with Crippen molar-refractivity contribution in [1.82, 2.24) is 10.2 Å². The number of methoxy groups -OCH3 is 1. The Bertz CT molecular complexity index is 390. The predicted octanol–water partition coefficient (Wildman–Crippen LogP) is 3.08. The lowest BCUT2D eigenvalue weighted by molar-refractivity contribution is 0.167. The molecule has 0 amide bonds. The van der Waals surface area contributed by atoms with Crippen molar-refractivity contribution in [1.29, 1.82) is 0 Å². The molecule has 0 aromatic heterocycles. The van der Waals surface area contributed by atoms with Crippen LogP contribution >= 0.6 is 0 Å². The average Bonchev–Trinajstić information content (AvgIpc) is 2.47. The minimum Gasteiger partial charge on any atom is -0.497 e. The van der Waals surface area contributed by atoms with Crippen LogP contribution in [0, 0.1) is 5.92 Å². The van der Waals surface area contributed by atoms with Crippen LogP contribution in [0.5, 0.6) is 5.75 Å². The Morgan fingerprint density at radius 2 is 2.10 bits per heavy atom. The molecule has 1 aromatic rings. The number of benzene rings is 1. The molecule has 2 atom stereocenters. The fraction of sp³-hybridized carbons (Fsp3) is 0.647. The van der Waals surface area contributed by atoms with Crippen molar-refractivity contribution in [3.05, 3.63) is 29.8 Å². The molecule has 3 heteroatoms. The van der Waals surface area contributed by atoms with Gasteiger partial charge >= 0.3 is 0 Å². The number of ether oxygens (including phenoxy) is 1. The number of likely N-dealkylation sites (N-methyl/N-ethyl adjacent to an activating group) is 1. The Balaban J connectivity index is 2.01. The van der Waals surface area contributed by atoms with Gasteiger partial charge in [-0.2, -0.15) is 0 Å². The summed E-state index contributed by atoms with van der Waals surface area (Å²) in [6, 6.07) is 8.88. The van der Waals surface area contributed by atoms with E-state index >= 15 is 0 Å². The number of hydrogen-bond acceptors (Lipinski definition) is 3. The lowest BCUT2D eigenvalue weighted by Crippen LogP contribution is -2.40. The van der Waals surface area contributed by atoms with Crippen molar-refractivity contribution in [2.75, 3.05) is 33.3 Å². The molecular weight excluding hydrogens is 248 g/mol. The summed E-state index contributed by atoms with van der Waals surface area (Å²) in [5.41, 5.74) is 1.35. The van der Waals surface area contributed by atoms with E-state index in [1.807, 2.05) is 0 Å². The summed E-state index contributed by atoms with van der Waals surface area (Å²) in [4.78, 5) is 2.60. The van der Waals surface area contributed by atoms with Crippen molar-refractivity contribution in [3.63, 3.8) is 0 Å². The second-order valence-electron chi connectivity index (χ2n) is 5.89. The quantitative estimate of drug-likeness (QED) is 0.864. The van der Waals surface area contributed by atoms with E-state index in [1.54, 1.807) is 7.11 Å². The second-order valence-corrected chi connectivity index (χ2v) is 5.89. The van der Waals surface area contributed by atoms with E-state index in [-0.39, 0.29) is 0 Å². The standard InChI is InChI=1S/C17H28N2O/c1-4-18-17(13-19-11-5-6-14(2)12-19)15-7-9-16(20-3)10-8-15/h7-10,14,17-18H,4-6,11-13H2,1-3H3. The zero-order chi connectivity index (χ0) is 14.4. The molecule has 1 aliphatic heterocycles. The Hall–Kier alpha value is -1.06. The lowest BCUT2D eigenvalue weighted by Gasteiger charge is -2.34. The summed E-state index contributed by atoms with van der Waals surface area (Å²) in [7, 11) is 1.71. The first-order valence-corrected chi connectivity index (χ1v) is 7.82. The molecule has 20 heavy (non-hydrogen) atoms. The van der Waals surface area contributed by atoms with Gasteiger partial charge < -0.3 is 15.0 Å². The van der Waals surface area contributed by atoms with Gasteiger partial charge in [-0.1, -0.05) is 26.0 Å². The number of nitrogens with zero attached hydrogens (tertiary/aromatic N) is 1. The van der Waals surface area contributed by atoms with Crippen molar-refractivity contribution in [2.24, 2.45) is 5.92 Å². The van der Waals surface area contributed by atoms with Crippen molar-refractivity contribution >= 4 is 0 Å². The van der Waals surface area contributed by atoms with Crippen molar-refractivity contribution in [2.45, 2.75) is 32.7 Å².